The maximum Gasteiger partial charge on any atom is 0.342 e. The fraction of sp³-hybridized carbons (Fsp3) is 0.524. The van der Waals surface area contributed by atoms with Crippen molar-refractivity contribution in [3.63, 3.8) is 0 Å². The highest BCUT2D eigenvalue weighted by molar-refractivity contribution is 6.67. The van der Waals surface area contributed by atoms with E-state index in [2.05, 4.69) is 27.7 Å². The minimum absolute atomic E-state index is 0.0803. The van der Waals surface area contributed by atoms with E-state index in [0.29, 0.717) is 12.0 Å². The molecule has 0 aliphatic heterocycles. The van der Waals surface area contributed by atoms with Gasteiger partial charge in [-0.3, -0.25) is 4.79 Å². The van der Waals surface area contributed by atoms with Gasteiger partial charge in [0.25, 0.3) is 0 Å². The third kappa shape index (κ3) is 3.66. The van der Waals surface area contributed by atoms with Gasteiger partial charge in [-0.1, -0.05) is 45.9 Å². The van der Waals surface area contributed by atoms with Gasteiger partial charge in [-0.2, -0.15) is 0 Å². The second kappa shape index (κ2) is 7.43. The molecule has 0 amide bonds. The molecule has 0 spiro atoms. The molecular weight excluding hydrogens is 352 g/mol. The van der Waals surface area contributed by atoms with E-state index in [1.165, 1.54) is 6.07 Å². The van der Waals surface area contributed by atoms with Crippen molar-refractivity contribution in [1.82, 2.24) is 0 Å². The Morgan fingerprint density at radius 2 is 1.92 bits per heavy atom. The monoisotopic (exact) mass is 378 g/mol. The average molecular weight is 379 g/mol. The summed E-state index contributed by atoms with van der Waals surface area (Å²) in [5.41, 5.74) is 0.238. The van der Waals surface area contributed by atoms with Crippen LogP contribution < -0.4 is 0 Å². The Morgan fingerprint density at radius 3 is 2.50 bits per heavy atom. The van der Waals surface area contributed by atoms with Gasteiger partial charge in [-0.25, -0.2) is 4.79 Å². The first-order valence-corrected chi connectivity index (χ1v) is 9.24. The van der Waals surface area contributed by atoms with Crippen molar-refractivity contribution >= 4 is 22.8 Å². The van der Waals surface area contributed by atoms with Crippen LogP contribution in [-0.4, -0.2) is 22.4 Å². The van der Waals surface area contributed by atoms with Gasteiger partial charge in [0.15, 0.2) is 0 Å². The average Bonchev–Trinajstić information content (AvgIpc) is 2.73. The molecule has 0 radical (unpaired) electrons. The molecule has 0 aromatic heterocycles. The number of benzene rings is 1. The van der Waals surface area contributed by atoms with Gasteiger partial charge in [0.2, 0.25) is 5.24 Å². The Hall–Kier alpha value is -1.81. The summed E-state index contributed by atoms with van der Waals surface area (Å²) in [4.78, 5) is 23.8. The van der Waals surface area contributed by atoms with Gasteiger partial charge < -0.3 is 9.84 Å². The minimum Gasteiger partial charge on any atom is -0.507 e. The van der Waals surface area contributed by atoms with Crippen molar-refractivity contribution in [2.24, 2.45) is 16.7 Å². The van der Waals surface area contributed by atoms with E-state index >= 15 is 0 Å². The number of halogens is 1. The highest BCUT2D eigenvalue weighted by Gasteiger charge is 2.56. The maximum atomic E-state index is 12.5. The summed E-state index contributed by atoms with van der Waals surface area (Å²) in [6.45, 7) is 10.2. The van der Waals surface area contributed by atoms with E-state index in [1.807, 2.05) is 6.08 Å². The Kier molecular flexibility index (Phi) is 5.86. The van der Waals surface area contributed by atoms with Crippen LogP contribution in [0.25, 0.3) is 0 Å². The zero-order valence-electron chi connectivity index (χ0n) is 16.0. The number of phenolic OH excluding ortho intramolecular Hbond substituents is 1. The summed E-state index contributed by atoms with van der Waals surface area (Å²) in [6.07, 6.45) is 3.00. The first-order valence-electron chi connectivity index (χ1n) is 8.86. The number of phenols is 1. The number of carbonyl (C=O) groups is 2. The van der Waals surface area contributed by atoms with Crippen LogP contribution >= 0.6 is 11.6 Å². The van der Waals surface area contributed by atoms with Crippen molar-refractivity contribution < 1.29 is 19.4 Å². The molecule has 1 aromatic rings. The molecule has 0 saturated heterocycles. The van der Waals surface area contributed by atoms with E-state index in [1.54, 1.807) is 25.1 Å². The molecule has 2 rings (SSSR count). The number of allylic oxidation sites excluding steroid dienone is 2. The molecule has 3 atom stereocenters. The summed E-state index contributed by atoms with van der Waals surface area (Å²) in [7, 11) is 0. The highest BCUT2D eigenvalue weighted by Crippen LogP contribution is 2.59. The van der Waals surface area contributed by atoms with Gasteiger partial charge in [-0.15, -0.1) is 0 Å². The molecule has 1 fully saturated rings. The number of esters is 1. The predicted molar refractivity (Wildman–Crippen MR) is 102 cm³/mol. The number of hydrogen-bond donors (Lipinski definition) is 1. The summed E-state index contributed by atoms with van der Waals surface area (Å²) in [5.74, 6) is -0.308. The van der Waals surface area contributed by atoms with E-state index in [0.717, 1.165) is 6.42 Å². The smallest absolute Gasteiger partial charge is 0.342 e. The number of rotatable bonds is 5. The number of carbonyl (C=O) groups excluding carboxylic acids is 2. The second-order valence-corrected chi connectivity index (χ2v) is 8.40. The molecule has 3 unspecified atom stereocenters. The van der Waals surface area contributed by atoms with Crippen LogP contribution in [0.2, 0.25) is 0 Å². The van der Waals surface area contributed by atoms with Crippen LogP contribution in [0.1, 0.15) is 57.8 Å². The standard InChI is InChI=1S/C21H27ClO4/c1-13(18(22)24)10-11-21(5)14(2)12-17(20(21,3)4)26-19(25)15-8-6-7-9-16(15)23/h6-10,14,17,23H,11-12H2,1-5H3/b13-10-. The molecule has 1 saturated carbocycles. The van der Waals surface area contributed by atoms with Crippen molar-refractivity contribution in [3.8, 4) is 5.75 Å². The number of aromatic hydroxyl groups is 1. The van der Waals surface area contributed by atoms with Crippen LogP contribution in [-0.2, 0) is 9.53 Å². The topological polar surface area (TPSA) is 63.6 Å². The molecule has 4 nitrogen and oxygen atoms in total. The van der Waals surface area contributed by atoms with Crippen molar-refractivity contribution in [2.45, 2.75) is 53.6 Å². The minimum atomic E-state index is -0.514. The lowest BCUT2D eigenvalue weighted by Gasteiger charge is -2.42. The molecule has 0 bridgehead atoms. The maximum absolute atomic E-state index is 12.5. The highest BCUT2D eigenvalue weighted by atomic mass is 35.5. The van der Waals surface area contributed by atoms with Gasteiger partial charge >= 0.3 is 5.97 Å². The summed E-state index contributed by atoms with van der Waals surface area (Å²) < 4.78 is 5.80. The van der Waals surface area contributed by atoms with Crippen LogP contribution in [0.5, 0.6) is 5.75 Å². The summed E-state index contributed by atoms with van der Waals surface area (Å²) >= 11 is 5.55. The largest absolute Gasteiger partial charge is 0.507 e. The van der Waals surface area contributed by atoms with Gasteiger partial charge in [0.05, 0.1) is 0 Å². The fourth-order valence-electron chi connectivity index (χ4n) is 3.82. The van der Waals surface area contributed by atoms with Crippen LogP contribution in [0.4, 0.5) is 0 Å². The molecule has 1 aliphatic carbocycles. The van der Waals surface area contributed by atoms with Crippen molar-refractivity contribution in [2.75, 3.05) is 0 Å². The summed E-state index contributed by atoms with van der Waals surface area (Å²) in [6, 6.07) is 6.39. The second-order valence-electron chi connectivity index (χ2n) is 8.05. The normalized spacial score (nSPS) is 28.0. The lowest BCUT2D eigenvalue weighted by molar-refractivity contribution is -0.108. The Balaban J connectivity index is 2.22. The van der Waals surface area contributed by atoms with Gasteiger partial charge in [-0.05, 0) is 54.8 Å². The molecule has 142 valence electrons. The van der Waals surface area contributed by atoms with E-state index in [9.17, 15) is 14.7 Å². The van der Waals surface area contributed by atoms with E-state index < -0.39 is 11.2 Å². The SMILES string of the molecule is C/C(=C/CC1(C)C(C)CC(OC(=O)c2ccccc2O)C1(C)C)C(=O)Cl. The quantitative estimate of drug-likeness (QED) is 0.440. The zero-order valence-corrected chi connectivity index (χ0v) is 16.8. The first kappa shape index (κ1) is 20.5. The first-order chi connectivity index (χ1) is 12.0. The third-order valence-electron chi connectivity index (χ3n) is 6.45. The van der Waals surface area contributed by atoms with Crippen LogP contribution in [0.3, 0.4) is 0 Å². The lowest BCUT2D eigenvalue weighted by Crippen LogP contribution is -2.40. The Bertz CT molecular complexity index is 737. The molecule has 1 aliphatic rings. The van der Waals surface area contributed by atoms with Crippen molar-refractivity contribution in [3.05, 3.63) is 41.5 Å². The zero-order chi connectivity index (χ0) is 19.7. The fourth-order valence-corrected chi connectivity index (χ4v) is 3.90. The lowest BCUT2D eigenvalue weighted by atomic mass is 9.63. The molecule has 1 N–H and O–H groups in total. The molecule has 26 heavy (non-hydrogen) atoms. The number of hydrogen-bond acceptors (Lipinski definition) is 4. The molecule has 5 heteroatoms. The molecular formula is C21H27ClO4. The Morgan fingerprint density at radius 1 is 1.31 bits per heavy atom. The van der Waals surface area contributed by atoms with Gasteiger partial charge in [0, 0.05) is 11.0 Å². The van der Waals surface area contributed by atoms with E-state index in [-0.39, 0.29) is 34.2 Å². The van der Waals surface area contributed by atoms with Crippen LogP contribution in [0, 0.1) is 16.7 Å². The number of para-hydroxylation sites is 1. The van der Waals surface area contributed by atoms with Gasteiger partial charge in [0.1, 0.15) is 17.4 Å². The summed E-state index contributed by atoms with van der Waals surface area (Å²) in [5, 5.41) is 9.44. The number of ether oxygens (including phenoxy) is 1. The Labute approximate surface area is 160 Å². The third-order valence-corrected chi connectivity index (χ3v) is 6.75. The van der Waals surface area contributed by atoms with Crippen LogP contribution in [0.15, 0.2) is 35.9 Å². The van der Waals surface area contributed by atoms with E-state index in [4.69, 9.17) is 16.3 Å². The van der Waals surface area contributed by atoms with Crippen molar-refractivity contribution in [1.29, 1.82) is 0 Å². The predicted octanol–water partition coefficient (Wildman–Crippen LogP) is 5.09. The molecule has 1 aromatic carbocycles. The molecule has 0 heterocycles.